The number of hydrogen-bond donors (Lipinski definition) is 0. The van der Waals surface area contributed by atoms with Gasteiger partial charge < -0.3 is 19.1 Å². The molecule has 2 aliphatic rings. The van der Waals surface area contributed by atoms with Crippen LogP contribution in [0.3, 0.4) is 0 Å². The number of halogens is 2. The summed E-state index contributed by atoms with van der Waals surface area (Å²) in [6, 6.07) is 12.8. The third kappa shape index (κ3) is 6.94. The third-order valence-electron chi connectivity index (χ3n) is 8.83. The van der Waals surface area contributed by atoms with Crippen LogP contribution >= 0.6 is 11.6 Å². The van der Waals surface area contributed by atoms with E-state index in [9.17, 15) is 14.0 Å². The van der Waals surface area contributed by atoms with Crippen LogP contribution in [0.25, 0.3) is 10.9 Å². The number of nitrogens with zero attached hydrogens (tertiary/aromatic N) is 3. The van der Waals surface area contributed by atoms with Gasteiger partial charge in [-0.2, -0.15) is 0 Å². The topological polar surface area (TPSA) is 90.9 Å². The van der Waals surface area contributed by atoms with Crippen LogP contribution in [0, 0.1) is 17.2 Å². The van der Waals surface area contributed by atoms with Crippen molar-refractivity contribution in [3.63, 3.8) is 0 Å². The Morgan fingerprint density at radius 1 is 0.956 bits per heavy atom. The van der Waals surface area contributed by atoms with Crippen molar-refractivity contribution in [1.29, 1.82) is 0 Å². The molecule has 45 heavy (non-hydrogen) atoms. The number of Topliss-reactive ketones (excluding diaryl/α,β-unsaturated/α-hetero) is 2. The summed E-state index contributed by atoms with van der Waals surface area (Å²) in [4.78, 5) is 37.5. The summed E-state index contributed by atoms with van der Waals surface area (Å²) in [5.41, 5.74) is 0.945. The maximum absolute atomic E-state index is 13.2. The molecule has 10 heteroatoms. The lowest BCUT2D eigenvalue weighted by molar-refractivity contribution is -0.133. The van der Waals surface area contributed by atoms with E-state index in [2.05, 4.69) is 21.9 Å². The lowest BCUT2D eigenvalue weighted by Gasteiger charge is -2.28. The number of ether oxygens (including phenoxy) is 3. The molecular weight excluding hydrogens is 597 g/mol. The van der Waals surface area contributed by atoms with Gasteiger partial charge in [0.05, 0.1) is 24.6 Å². The standard InChI is InChI=1S/C35H35ClFN3O5/c1-40-13-8-23(9-14-40)21-44-31-19-28-26(18-30(31)43-2)29(7-12-38-28)45-34-27(36)15-24(20-39-34)17-33(42)35(10-11-35)32(41)16-22-3-5-25(37)6-4-22/h3-7,12,15,18-20,23H,8-11,13-14,16-17,21H2,1-2H3. The molecule has 1 aliphatic heterocycles. The number of ketones is 2. The van der Waals surface area contributed by atoms with Crippen LogP contribution in [0.4, 0.5) is 4.39 Å². The number of methoxy groups -OCH3 is 1. The van der Waals surface area contributed by atoms with Crippen LogP contribution in [0.5, 0.6) is 23.1 Å². The number of hydrogen-bond acceptors (Lipinski definition) is 8. The molecule has 1 saturated heterocycles. The van der Waals surface area contributed by atoms with Crippen molar-refractivity contribution in [3.8, 4) is 23.1 Å². The molecule has 3 heterocycles. The predicted molar refractivity (Wildman–Crippen MR) is 169 cm³/mol. The zero-order valence-electron chi connectivity index (χ0n) is 25.4. The molecule has 0 atom stereocenters. The molecule has 6 rings (SSSR count). The average Bonchev–Trinajstić information content (AvgIpc) is 3.85. The maximum atomic E-state index is 13.2. The zero-order chi connectivity index (χ0) is 31.6. The molecular formula is C35H35ClFN3O5. The summed E-state index contributed by atoms with van der Waals surface area (Å²) < 4.78 is 31.2. The first-order chi connectivity index (χ1) is 21.7. The fourth-order valence-corrected chi connectivity index (χ4v) is 6.04. The molecule has 2 fully saturated rings. The van der Waals surface area contributed by atoms with E-state index >= 15 is 0 Å². The number of carbonyl (C=O) groups is 2. The van der Waals surface area contributed by atoms with Gasteiger partial charge in [0.25, 0.3) is 0 Å². The van der Waals surface area contributed by atoms with Crippen LogP contribution in [-0.2, 0) is 22.4 Å². The SMILES string of the molecule is COc1cc2c(Oc3ncc(CC(=O)C4(C(=O)Cc5ccc(F)cc5)CC4)cc3Cl)ccnc2cc1OCC1CCN(C)CC1. The smallest absolute Gasteiger partial charge is 0.238 e. The highest BCUT2D eigenvalue weighted by atomic mass is 35.5. The Kier molecular flexibility index (Phi) is 9.01. The molecule has 1 saturated carbocycles. The van der Waals surface area contributed by atoms with Gasteiger partial charge in [-0.3, -0.25) is 14.6 Å². The number of likely N-dealkylation sites (tertiary alicyclic amines) is 1. The first-order valence-corrected chi connectivity index (χ1v) is 15.5. The highest BCUT2D eigenvalue weighted by Crippen LogP contribution is 2.49. The highest BCUT2D eigenvalue weighted by Gasteiger charge is 2.54. The van der Waals surface area contributed by atoms with Crippen molar-refractivity contribution < 1.29 is 28.2 Å². The average molecular weight is 632 g/mol. The Hall–Kier alpha value is -4.08. The number of pyridine rings is 2. The Bertz CT molecular complexity index is 1720. The van der Waals surface area contributed by atoms with Gasteiger partial charge in [0, 0.05) is 36.7 Å². The van der Waals surface area contributed by atoms with Crippen LogP contribution in [-0.4, -0.2) is 60.3 Å². The molecule has 0 amide bonds. The molecule has 2 aromatic carbocycles. The second-order valence-electron chi connectivity index (χ2n) is 12.0. The normalized spacial score (nSPS) is 16.4. The molecule has 0 unspecified atom stereocenters. The summed E-state index contributed by atoms with van der Waals surface area (Å²) in [5.74, 6) is 1.68. The first-order valence-electron chi connectivity index (χ1n) is 15.2. The minimum atomic E-state index is -0.999. The Morgan fingerprint density at radius 2 is 1.67 bits per heavy atom. The quantitative estimate of drug-likeness (QED) is 0.161. The summed E-state index contributed by atoms with van der Waals surface area (Å²) in [6.45, 7) is 2.75. The Labute approximate surface area is 266 Å². The van der Waals surface area contributed by atoms with Gasteiger partial charge in [-0.05, 0) is 93.2 Å². The number of aromatic nitrogens is 2. The van der Waals surface area contributed by atoms with Gasteiger partial charge >= 0.3 is 0 Å². The molecule has 0 radical (unpaired) electrons. The molecule has 8 nitrogen and oxygen atoms in total. The monoisotopic (exact) mass is 631 g/mol. The second kappa shape index (κ2) is 13.1. The van der Waals surface area contributed by atoms with Gasteiger partial charge in [0.15, 0.2) is 23.1 Å². The summed E-state index contributed by atoms with van der Waals surface area (Å²) in [7, 11) is 3.74. The molecule has 234 valence electrons. The van der Waals surface area contributed by atoms with Crippen molar-refractivity contribution in [1.82, 2.24) is 14.9 Å². The van der Waals surface area contributed by atoms with Gasteiger partial charge in [0.2, 0.25) is 5.88 Å². The minimum Gasteiger partial charge on any atom is -0.493 e. The Morgan fingerprint density at radius 3 is 2.33 bits per heavy atom. The summed E-state index contributed by atoms with van der Waals surface area (Å²) >= 11 is 6.57. The van der Waals surface area contributed by atoms with E-state index in [4.69, 9.17) is 25.8 Å². The van der Waals surface area contributed by atoms with Crippen molar-refractivity contribution in [2.75, 3.05) is 33.9 Å². The molecule has 0 spiro atoms. The van der Waals surface area contributed by atoms with Crippen LogP contribution in [0.2, 0.25) is 5.02 Å². The molecule has 0 N–H and O–H groups in total. The second-order valence-corrected chi connectivity index (χ2v) is 12.4. The minimum absolute atomic E-state index is 0.0257. The predicted octanol–water partition coefficient (Wildman–Crippen LogP) is 6.65. The van der Waals surface area contributed by atoms with Gasteiger partial charge in [-0.15, -0.1) is 0 Å². The van der Waals surface area contributed by atoms with E-state index in [1.807, 2.05) is 12.1 Å². The van der Waals surface area contributed by atoms with Crippen molar-refractivity contribution >= 4 is 34.1 Å². The van der Waals surface area contributed by atoms with E-state index in [0.29, 0.717) is 64.6 Å². The highest BCUT2D eigenvalue weighted by molar-refractivity contribution is 6.32. The van der Waals surface area contributed by atoms with E-state index < -0.39 is 5.41 Å². The third-order valence-corrected chi connectivity index (χ3v) is 9.10. The van der Waals surface area contributed by atoms with E-state index in [1.165, 1.54) is 12.1 Å². The molecule has 1 aliphatic carbocycles. The fourth-order valence-electron chi connectivity index (χ4n) is 5.82. The van der Waals surface area contributed by atoms with Crippen molar-refractivity contribution in [2.24, 2.45) is 11.3 Å². The van der Waals surface area contributed by atoms with Crippen LogP contribution < -0.4 is 14.2 Å². The molecule has 2 aromatic heterocycles. The molecule has 4 aromatic rings. The number of carbonyl (C=O) groups excluding carboxylic acids is 2. The maximum Gasteiger partial charge on any atom is 0.238 e. The molecule has 0 bridgehead atoms. The lowest BCUT2D eigenvalue weighted by atomic mass is 9.88. The number of rotatable bonds is 12. The largest absolute Gasteiger partial charge is 0.493 e. The van der Waals surface area contributed by atoms with Crippen LogP contribution in [0.15, 0.2) is 60.9 Å². The van der Waals surface area contributed by atoms with E-state index in [-0.39, 0.29) is 41.1 Å². The summed E-state index contributed by atoms with van der Waals surface area (Å²) in [5, 5.41) is 0.936. The number of fused-ring (bicyclic) bond motifs is 1. The first kappa shape index (κ1) is 30.9. The van der Waals surface area contributed by atoms with Gasteiger partial charge in [-0.25, -0.2) is 9.37 Å². The van der Waals surface area contributed by atoms with Gasteiger partial charge in [0.1, 0.15) is 16.6 Å². The zero-order valence-corrected chi connectivity index (χ0v) is 26.1. The lowest BCUT2D eigenvalue weighted by Crippen LogP contribution is -2.32. The van der Waals surface area contributed by atoms with E-state index in [1.54, 1.807) is 43.8 Å². The van der Waals surface area contributed by atoms with E-state index in [0.717, 1.165) is 25.9 Å². The van der Waals surface area contributed by atoms with Crippen LogP contribution in [0.1, 0.15) is 36.8 Å². The Balaban J connectivity index is 1.13. The van der Waals surface area contributed by atoms with Crippen molar-refractivity contribution in [3.05, 3.63) is 82.9 Å². The van der Waals surface area contributed by atoms with Gasteiger partial charge in [-0.1, -0.05) is 23.7 Å². The number of benzene rings is 2. The van der Waals surface area contributed by atoms with Crippen molar-refractivity contribution in [2.45, 2.75) is 38.5 Å². The number of piperidine rings is 1. The fraction of sp³-hybridized carbons (Fsp3) is 0.371. The summed E-state index contributed by atoms with van der Waals surface area (Å²) in [6.07, 6.45) is 6.52.